The second kappa shape index (κ2) is 3.06. The number of phenolic OH excluding ortho intramolecular Hbond substituents is 1. The number of nitrogens with zero attached hydrogens (tertiary/aromatic N) is 1. The number of oxime groups is 1. The number of rotatable bonds is 1. The largest absolute Gasteiger partial charge is 0.507 e. The highest BCUT2D eigenvalue weighted by Crippen LogP contribution is 2.26. The summed E-state index contributed by atoms with van der Waals surface area (Å²) in [5, 5.41) is 22.1. The van der Waals surface area contributed by atoms with Crippen molar-refractivity contribution in [3.8, 4) is 5.75 Å². The van der Waals surface area contributed by atoms with E-state index in [1.807, 2.05) is 0 Å². The molecule has 0 bridgehead atoms. The lowest BCUT2D eigenvalue weighted by Gasteiger charge is -2.01. The third kappa shape index (κ3) is 1.21. The van der Waals surface area contributed by atoms with Crippen molar-refractivity contribution in [1.29, 1.82) is 0 Å². The average Bonchev–Trinajstić information content (AvgIpc) is 2.62. The summed E-state index contributed by atoms with van der Waals surface area (Å²) in [5.74, 6) is 0.0442. The molecule has 0 atom stereocenters. The van der Waals surface area contributed by atoms with Gasteiger partial charge in [0, 0.05) is 17.0 Å². The standard InChI is InChI=1S/C10H9NO3/c1-6(11-13)8-4-7-2-3-14-10(7)5-9(8)12/h2-5,12-13H,1H3/b11-6+. The lowest BCUT2D eigenvalue weighted by atomic mass is 10.1. The third-order valence-corrected chi connectivity index (χ3v) is 2.11. The Morgan fingerprint density at radius 1 is 1.43 bits per heavy atom. The minimum absolute atomic E-state index is 0.0442. The molecule has 0 amide bonds. The molecule has 0 unspecified atom stereocenters. The van der Waals surface area contributed by atoms with Gasteiger partial charge in [-0.05, 0) is 19.1 Å². The van der Waals surface area contributed by atoms with Gasteiger partial charge in [-0.25, -0.2) is 0 Å². The molecule has 0 aliphatic rings. The van der Waals surface area contributed by atoms with E-state index in [4.69, 9.17) is 9.62 Å². The van der Waals surface area contributed by atoms with E-state index in [1.54, 1.807) is 25.3 Å². The van der Waals surface area contributed by atoms with Gasteiger partial charge in [-0.3, -0.25) is 0 Å². The minimum Gasteiger partial charge on any atom is -0.507 e. The molecule has 0 aliphatic carbocycles. The summed E-state index contributed by atoms with van der Waals surface area (Å²) in [5.41, 5.74) is 1.48. The van der Waals surface area contributed by atoms with Crippen LogP contribution in [0.2, 0.25) is 0 Å². The van der Waals surface area contributed by atoms with Crippen molar-refractivity contribution in [1.82, 2.24) is 0 Å². The normalized spacial score (nSPS) is 12.2. The fourth-order valence-electron chi connectivity index (χ4n) is 1.34. The first kappa shape index (κ1) is 8.62. The SMILES string of the molecule is C/C(=N\O)c1cc2ccoc2cc1O. The van der Waals surface area contributed by atoms with Gasteiger partial charge in [0.25, 0.3) is 0 Å². The van der Waals surface area contributed by atoms with E-state index in [0.717, 1.165) is 5.39 Å². The van der Waals surface area contributed by atoms with Crippen LogP contribution >= 0.6 is 0 Å². The van der Waals surface area contributed by atoms with Crippen LogP contribution < -0.4 is 0 Å². The summed E-state index contributed by atoms with van der Waals surface area (Å²) in [7, 11) is 0. The van der Waals surface area contributed by atoms with Crippen LogP contribution in [0.15, 0.2) is 34.0 Å². The number of fused-ring (bicyclic) bond motifs is 1. The van der Waals surface area contributed by atoms with Gasteiger partial charge in [0.1, 0.15) is 11.3 Å². The third-order valence-electron chi connectivity index (χ3n) is 2.11. The van der Waals surface area contributed by atoms with E-state index < -0.39 is 0 Å². The molecule has 1 aromatic carbocycles. The van der Waals surface area contributed by atoms with E-state index >= 15 is 0 Å². The molecule has 0 saturated carbocycles. The molecular formula is C10H9NO3. The van der Waals surface area contributed by atoms with Crippen LogP contribution in [0.3, 0.4) is 0 Å². The number of aromatic hydroxyl groups is 1. The molecule has 14 heavy (non-hydrogen) atoms. The summed E-state index contributed by atoms with van der Waals surface area (Å²) in [4.78, 5) is 0. The Hall–Kier alpha value is -1.97. The first-order valence-electron chi connectivity index (χ1n) is 4.11. The van der Waals surface area contributed by atoms with Crippen molar-refractivity contribution in [2.45, 2.75) is 6.92 Å². The van der Waals surface area contributed by atoms with Gasteiger partial charge < -0.3 is 14.7 Å². The lowest BCUT2D eigenvalue weighted by Crippen LogP contribution is -1.94. The van der Waals surface area contributed by atoms with Gasteiger partial charge >= 0.3 is 0 Å². The predicted octanol–water partition coefficient (Wildman–Crippen LogP) is 2.34. The molecule has 2 aromatic rings. The Balaban J connectivity index is 2.71. The van der Waals surface area contributed by atoms with Crippen LogP contribution in [0.4, 0.5) is 0 Å². The van der Waals surface area contributed by atoms with E-state index in [9.17, 15) is 5.11 Å². The van der Waals surface area contributed by atoms with E-state index in [2.05, 4.69) is 5.16 Å². The van der Waals surface area contributed by atoms with Crippen LogP contribution in [0.25, 0.3) is 11.0 Å². The maximum Gasteiger partial charge on any atom is 0.137 e. The molecule has 0 aliphatic heterocycles. The van der Waals surface area contributed by atoms with Gasteiger partial charge in [0.05, 0.1) is 12.0 Å². The zero-order valence-corrected chi connectivity index (χ0v) is 7.56. The summed E-state index contributed by atoms with van der Waals surface area (Å²) >= 11 is 0. The van der Waals surface area contributed by atoms with Crippen molar-refractivity contribution >= 4 is 16.7 Å². The molecule has 1 heterocycles. The van der Waals surface area contributed by atoms with Gasteiger partial charge in [0.15, 0.2) is 0 Å². The molecular weight excluding hydrogens is 182 g/mol. The highest BCUT2D eigenvalue weighted by molar-refractivity contribution is 6.03. The topological polar surface area (TPSA) is 66.0 Å². The molecule has 2 N–H and O–H groups in total. The molecule has 72 valence electrons. The molecule has 2 rings (SSSR count). The Labute approximate surface area is 80.1 Å². The highest BCUT2D eigenvalue weighted by atomic mass is 16.4. The number of hydrogen-bond acceptors (Lipinski definition) is 4. The van der Waals surface area contributed by atoms with E-state index in [0.29, 0.717) is 16.9 Å². The summed E-state index contributed by atoms with van der Waals surface area (Å²) in [6.07, 6.45) is 1.54. The second-order valence-electron chi connectivity index (χ2n) is 3.01. The number of furan rings is 1. The second-order valence-corrected chi connectivity index (χ2v) is 3.01. The van der Waals surface area contributed by atoms with Crippen molar-refractivity contribution in [2.75, 3.05) is 0 Å². The maximum atomic E-state index is 9.58. The van der Waals surface area contributed by atoms with Crippen molar-refractivity contribution < 1.29 is 14.7 Å². The number of phenols is 1. The molecule has 1 aromatic heterocycles. The van der Waals surface area contributed by atoms with Crippen LogP contribution in [0, 0.1) is 0 Å². The molecule has 0 saturated heterocycles. The summed E-state index contributed by atoms with van der Waals surface area (Å²) < 4.78 is 5.10. The summed E-state index contributed by atoms with van der Waals surface area (Å²) in [6, 6.07) is 4.99. The molecule has 0 fully saturated rings. The fraction of sp³-hybridized carbons (Fsp3) is 0.100. The van der Waals surface area contributed by atoms with Crippen LogP contribution in [0.5, 0.6) is 5.75 Å². The molecule has 4 heteroatoms. The molecule has 4 nitrogen and oxygen atoms in total. The zero-order valence-electron chi connectivity index (χ0n) is 7.56. The van der Waals surface area contributed by atoms with E-state index in [-0.39, 0.29) is 5.75 Å². The Bertz CT molecular complexity index is 499. The quantitative estimate of drug-likeness (QED) is 0.413. The van der Waals surface area contributed by atoms with Gasteiger partial charge in [-0.2, -0.15) is 0 Å². The first-order valence-corrected chi connectivity index (χ1v) is 4.11. The van der Waals surface area contributed by atoms with Crippen molar-refractivity contribution in [3.05, 3.63) is 30.0 Å². The van der Waals surface area contributed by atoms with Gasteiger partial charge in [0.2, 0.25) is 0 Å². The van der Waals surface area contributed by atoms with Crippen molar-refractivity contribution in [3.63, 3.8) is 0 Å². The van der Waals surface area contributed by atoms with E-state index in [1.165, 1.54) is 6.07 Å². The number of benzene rings is 1. The first-order chi connectivity index (χ1) is 6.72. The highest BCUT2D eigenvalue weighted by Gasteiger charge is 2.08. The van der Waals surface area contributed by atoms with Crippen molar-refractivity contribution in [2.24, 2.45) is 5.16 Å². The van der Waals surface area contributed by atoms with Crippen LogP contribution in [0.1, 0.15) is 12.5 Å². The fourth-order valence-corrected chi connectivity index (χ4v) is 1.34. The summed E-state index contributed by atoms with van der Waals surface area (Å²) in [6.45, 7) is 1.61. The Morgan fingerprint density at radius 3 is 2.93 bits per heavy atom. The lowest BCUT2D eigenvalue weighted by molar-refractivity contribution is 0.318. The predicted molar refractivity (Wildman–Crippen MR) is 51.9 cm³/mol. The number of hydrogen-bond donors (Lipinski definition) is 2. The maximum absolute atomic E-state index is 9.58. The molecule has 0 radical (unpaired) electrons. The zero-order chi connectivity index (χ0) is 10.1. The average molecular weight is 191 g/mol. The van der Waals surface area contributed by atoms with Gasteiger partial charge in [-0.15, -0.1) is 0 Å². The Morgan fingerprint density at radius 2 is 2.21 bits per heavy atom. The smallest absolute Gasteiger partial charge is 0.137 e. The van der Waals surface area contributed by atoms with Gasteiger partial charge in [-0.1, -0.05) is 5.16 Å². The van der Waals surface area contributed by atoms with Crippen LogP contribution in [-0.2, 0) is 0 Å². The monoisotopic (exact) mass is 191 g/mol. The minimum atomic E-state index is 0.0442. The Kier molecular flexibility index (Phi) is 1.89. The van der Waals surface area contributed by atoms with Crippen LogP contribution in [-0.4, -0.2) is 16.0 Å². The molecule has 0 spiro atoms.